The quantitative estimate of drug-likeness (QED) is 0.448. The van der Waals surface area contributed by atoms with Crippen molar-refractivity contribution < 1.29 is 5.11 Å². The van der Waals surface area contributed by atoms with Gasteiger partial charge in [-0.1, -0.05) is 11.6 Å². The first-order valence-corrected chi connectivity index (χ1v) is 11.3. The average Bonchev–Trinajstić information content (AvgIpc) is 3.20. The van der Waals surface area contributed by atoms with E-state index in [-0.39, 0.29) is 6.61 Å². The van der Waals surface area contributed by atoms with Crippen molar-refractivity contribution in [2.45, 2.75) is 34.9 Å². The second-order valence-corrected chi connectivity index (χ2v) is 9.45. The minimum atomic E-state index is 0.164. The van der Waals surface area contributed by atoms with Crippen molar-refractivity contribution in [3.05, 3.63) is 45.6 Å². The van der Waals surface area contributed by atoms with Gasteiger partial charge in [-0.15, -0.1) is 34.9 Å². The standard InChI is InChI=1S/C18H17ClN2OS3/c19-11-4-6-12(7-5-11)24-10-15-20-17(23-9-8-22)16-13-2-1-3-14(13)25-18(16)21-15/h4-7,22H,1-3,8-10H2. The molecule has 4 rings (SSSR count). The topological polar surface area (TPSA) is 46.0 Å². The predicted molar refractivity (Wildman–Crippen MR) is 108 cm³/mol. The number of hydrogen-bond donors (Lipinski definition) is 1. The van der Waals surface area contributed by atoms with Crippen LogP contribution in [0.4, 0.5) is 0 Å². The maximum Gasteiger partial charge on any atom is 0.141 e. The van der Waals surface area contributed by atoms with E-state index in [1.807, 2.05) is 35.6 Å². The third-order valence-electron chi connectivity index (χ3n) is 4.09. The molecule has 0 fully saturated rings. The third kappa shape index (κ3) is 3.83. The molecule has 1 aliphatic carbocycles. The molecule has 0 bridgehead atoms. The van der Waals surface area contributed by atoms with E-state index in [1.165, 1.54) is 22.2 Å². The molecule has 0 atom stereocenters. The largest absolute Gasteiger partial charge is 0.396 e. The summed E-state index contributed by atoms with van der Waals surface area (Å²) in [5, 5.41) is 12.2. The zero-order chi connectivity index (χ0) is 17.2. The molecular formula is C18H17ClN2OS3. The molecule has 1 N–H and O–H groups in total. The van der Waals surface area contributed by atoms with Gasteiger partial charge in [0.2, 0.25) is 0 Å². The van der Waals surface area contributed by atoms with Crippen molar-refractivity contribution in [2.75, 3.05) is 12.4 Å². The number of aliphatic hydroxyl groups is 1. The zero-order valence-corrected chi connectivity index (χ0v) is 16.7. The van der Waals surface area contributed by atoms with Crippen LogP contribution in [0.3, 0.4) is 0 Å². The summed E-state index contributed by atoms with van der Waals surface area (Å²) >= 11 is 11.1. The number of fused-ring (bicyclic) bond motifs is 3. The van der Waals surface area contributed by atoms with Gasteiger partial charge in [0.25, 0.3) is 0 Å². The normalized spacial score (nSPS) is 13.5. The number of benzene rings is 1. The van der Waals surface area contributed by atoms with Crippen molar-refractivity contribution in [2.24, 2.45) is 0 Å². The highest BCUT2D eigenvalue weighted by Crippen LogP contribution is 2.40. The fourth-order valence-corrected chi connectivity index (χ4v) is 6.04. The van der Waals surface area contributed by atoms with Gasteiger partial charge in [0.1, 0.15) is 15.7 Å². The Hall–Kier alpha value is -0.790. The van der Waals surface area contributed by atoms with Gasteiger partial charge in [0.15, 0.2) is 0 Å². The molecule has 0 saturated heterocycles. The van der Waals surface area contributed by atoms with Crippen molar-refractivity contribution in [1.82, 2.24) is 9.97 Å². The maximum absolute atomic E-state index is 9.21. The van der Waals surface area contributed by atoms with E-state index >= 15 is 0 Å². The number of aryl methyl sites for hydroxylation is 2. The number of halogens is 1. The number of rotatable bonds is 6. The van der Waals surface area contributed by atoms with E-state index in [1.54, 1.807) is 23.5 Å². The monoisotopic (exact) mass is 408 g/mol. The van der Waals surface area contributed by atoms with Crippen LogP contribution in [-0.4, -0.2) is 27.4 Å². The second kappa shape index (κ2) is 7.84. The maximum atomic E-state index is 9.21. The summed E-state index contributed by atoms with van der Waals surface area (Å²) in [6.07, 6.45) is 3.52. The highest BCUT2D eigenvalue weighted by molar-refractivity contribution is 7.99. The molecule has 1 aromatic carbocycles. The summed E-state index contributed by atoms with van der Waals surface area (Å²) in [6.45, 7) is 0.164. The van der Waals surface area contributed by atoms with Crippen LogP contribution in [0.2, 0.25) is 5.02 Å². The molecule has 0 unspecified atom stereocenters. The Bertz CT molecular complexity index is 895. The van der Waals surface area contributed by atoms with Crippen LogP contribution in [0.5, 0.6) is 0 Å². The summed E-state index contributed by atoms with van der Waals surface area (Å²) < 4.78 is 0. The lowest BCUT2D eigenvalue weighted by Gasteiger charge is -2.07. The van der Waals surface area contributed by atoms with Gasteiger partial charge < -0.3 is 5.11 Å². The number of thiophene rings is 1. The molecule has 25 heavy (non-hydrogen) atoms. The first-order chi connectivity index (χ1) is 12.2. The Morgan fingerprint density at radius 2 is 1.96 bits per heavy atom. The van der Waals surface area contributed by atoms with E-state index in [0.717, 1.165) is 44.2 Å². The first kappa shape index (κ1) is 17.6. The van der Waals surface area contributed by atoms with Gasteiger partial charge in [0.05, 0.1) is 12.4 Å². The minimum absolute atomic E-state index is 0.164. The van der Waals surface area contributed by atoms with Gasteiger partial charge in [-0.2, -0.15) is 0 Å². The van der Waals surface area contributed by atoms with E-state index in [0.29, 0.717) is 5.75 Å². The Balaban J connectivity index is 1.63. The Morgan fingerprint density at radius 3 is 2.76 bits per heavy atom. The Labute approximate surface area is 164 Å². The van der Waals surface area contributed by atoms with E-state index in [2.05, 4.69) is 0 Å². The van der Waals surface area contributed by atoms with Crippen LogP contribution in [0.25, 0.3) is 10.2 Å². The zero-order valence-electron chi connectivity index (χ0n) is 13.5. The summed E-state index contributed by atoms with van der Waals surface area (Å²) in [6, 6.07) is 7.85. The van der Waals surface area contributed by atoms with E-state index in [9.17, 15) is 5.11 Å². The Morgan fingerprint density at radius 1 is 1.12 bits per heavy atom. The minimum Gasteiger partial charge on any atom is -0.396 e. The van der Waals surface area contributed by atoms with Gasteiger partial charge >= 0.3 is 0 Å². The summed E-state index contributed by atoms with van der Waals surface area (Å²) in [7, 11) is 0. The van der Waals surface area contributed by atoms with Crippen molar-refractivity contribution in [3.8, 4) is 0 Å². The highest BCUT2D eigenvalue weighted by atomic mass is 35.5. The predicted octanol–water partition coefficient (Wildman–Crippen LogP) is 5.21. The molecule has 130 valence electrons. The molecule has 3 aromatic rings. The molecule has 0 spiro atoms. The summed E-state index contributed by atoms with van der Waals surface area (Å²) in [5.41, 5.74) is 1.44. The fourth-order valence-electron chi connectivity index (χ4n) is 2.99. The SMILES string of the molecule is OCCSc1nc(CSc2ccc(Cl)cc2)nc2sc3c(c12)CCC3. The van der Waals surface area contributed by atoms with Crippen LogP contribution >= 0.6 is 46.5 Å². The molecule has 0 radical (unpaired) electrons. The molecule has 2 heterocycles. The number of nitrogens with zero attached hydrogens (tertiary/aromatic N) is 2. The smallest absolute Gasteiger partial charge is 0.141 e. The lowest BCUT2D eigenvalue weighted by atomic mass is 10.2. The van der Waals surface area contributed by atoms with Crippen LogP contribution in [0, 0.1) is 0 Å². The van der Waals surface area contributed by atoms with Crippen molar-refractivity contribution >= 4 is 56.7 Å². The summed E-state index contributed by atoms with van der Waals surface area (Å²) in [4.78, 5) is 13.4. The fraction of sp³-hybridized carbons (Fsp3) is 0.333. The molecule has 1 aliphatic rings. The average molecular weight is 409 g/mol. The second-order valence-electron chi connectivity index (χ2n) is 5.80. The molecule has 0 amide bonds. The first-order valence-electron chi connectivity index (χ1n) is 8.18. The molecule has 3 nitrogen and oxygen atoms in total. The van der Waals surface area contributed by atoms with Crippen LogP contribution in [-0.2, 0) is 18.6 Å². The number of aromatic nitrogens is 2. The van der Waals surface area contributed by atoms with E-state index < -0.39 is 0 Å². The molecule has 0 saturated carbocycles. The van der Waals surface area contributed by atoms with Crippen LogP contribution < -0.4 is 0 Å². The van der Waals surface area contributed by atoms with Crippen molar-refractivity contribution in [3.63, 3.8) is 0 Å². The molecular weight excluding hydrogens is 392 g/mol. The lowest BCUT2D eigenvalue weighted by molar-refractivity contribution is 0.322. The highest BCUT2D eigenvalue weighted by Gasteiger charge is 2.22. The molecule has 0 aliphatic heterocycles. The van der Waals surface area contributed by atoms with E-state index in [4.69, 9.17) is 21.6 Å². The van der Waals surface area contributed by atoms with Gasteiger partial charge in [-0.3, -0.25) is 0 Å². The van der Waals surface area contributed by atoms with Gasteiger partial charge in [-0.25, -0.2) is 9.97 Å². The molecule has 2 aromatic heterocycles. The van der Waals surface area contributed by atoms with Gasteiger partial charge in [0, 0.05) is 25.9 Å². The number of hydrogen-bond acceptors (Lipinski definition) is 6. The van der Waals surface area contributed by atoms with Gasteiger partial charge in [-0.05, 0) is 49.1 Å². The Kier molecular flexibility index (Phi) is 5.53. The molecule has 7 heteroatoms. The number of thioether (sulfide) groups is 2. The van der Waals surface area contributed by atoms with Crippen molar-refractivity contribution in [1.29, 1.82) is 0 Å². The third-order valence-corrected chi connectivity index (χ3v) is 7.49. The van der Waals surface area contributed by atoms with Crippen LogP contribution in [0.15, 0.2) is 34.2 Å². The lowest BCUT2D eigenvalue weighted by Crippen LogP contribution is -1.97. The summed E-state index contributed by atoms with van der Waals surface area (Å²) in [5.74, 6) is 2.25. The number of aliphatic hydroxyl groups excluding tert-OH is 1. The van der Waals surface area contributed by atoms with Crippen LogP contribution in [0.1, 0.15) is 22.7 Å².